The number of hydrogen-bond donors (Lipinski definition) is 1. The van der Waals surface area contributed by atoms with Crippen molar-refractivity contribution in [1.82, 2.24) is 0 Å². The molecule has 3 rings (SSSR count). The van der Waals surface area contributed by atoms with Crippen molar-refractivity contribution in [3.63, 3.8) is 0 Å². The molecule has 2 aliphatic heterocycles. The van der Waals surface area contributed by atoms with E-state index < -0.39 is 0 Å². The molecule has 0 atom stereocenters. The molecule has 1 amide bonds. The summed E-state index contributed by atoms with van der Waals surface area (Å²) in [6.45, 7) is 1.19. The Kier molecular flexibility index (Phi) is 3.41. The summed E-state index contributed by atoms with van der Waals surface area (Å²) in [5.74, 6) is 2.15. The summed E-state index contributed by atoms with van der Waals surface area (Å²) in [5, 5.41) is 0. The van der Waals surface area contributed by atoms with Crippen LogP contribution in [-0.2, 0) is 11.3 Å². The lowest BCUT2D eigenvalue weighted by atomic mass is 9.97. The van der Waals surface area contributed by atoms with Gasteiger partial charge in [-0.15, -0.1) is 0 Å². The van der Waals surface area contributed by atoms with Crippen molar-refractivity contribution in [2.75, 3.05) is 23.0 Å². The van der Waals surface area contributed by atoms with Crippen LogP contribution in [0.15, 0.2) is 24.3 Å². The molecular formula is C14H18N2O2S. The molecule has 0 bridgehead atoms. The highest BCUT2D eigenvalue weighted by molar-refractivity contribution is 7.99. The fraction of sp³-hybridized carbons (Fsp3) is 0.500. The molecule has 2 aliphatic rings. The first-order valence-corrected chi connectivity index (χ1v) is 7.75. The predicted octanol–water partition coefficient (Wildman–Crippen LogP) is 2.37. The molecule has 19 heavy (non-hydrogen) atoms. The van der Waals surface area contributed by atoms with Gasteiger partial charge in [-0.2, -0.15) is 11.8 Å². The molecule has 1 aromatic rings. The zero-order chi connectivity index (χ0) is 13.3. The maximum atomic E-state index is 12.1. The van der Waals surface area contributed by atoms with Gasteiger partial charge in [0, 0.05) is 12.2 Å². The van der Waals surface area contributed by atoms with Gasteiger partial charge in [0.15, 0.2) is 0 Å². The first-order valence-electron chi connectivity index (χ1n) is 6.60. The molecule has 1 aromatic carbocycles. The number of anilines is 1. The van der Waals surface area contributed by atoms with Crippen molar-refractivity contribution in [3.05, 3.63) is 29.8 Å². The molecule has 5 heteroatoms. The molecule has 2 heterocycles. The third-order valence-corrected chi connectivity index (χ3v) is 4.84. The fourth-order valence-electron chi connectivity index (χ4n) is 2.64. The van der Waals surface area contributed by atoms with Crippen molar-refractivity contribution in [1.29, 1.82) is 0 Å². The van der Waals surface area contributed by atoms with E-state index in [0.717, 1.165) is 35.6 Å². The second-order valence-electron chi connectivity index (χ2n) is 5.12. The fourth-order valence-corrected chi connectivity index (χ4v) is 3.87. The Morgan fingerprint density at radius 2 is 1.95 bits per heavy atom. The van der Waals surface area contributed by atoms with Gasteiger partial charge in [0.25, 0.3) is 0 Å². The largest absolute Gasteiger partial charge is 0.441 e. The highest BCUT2D eigenvalue weighted by Crippen LogP contribution is 2.37. The molecule has 0 radical (unpaired) electrons. The number of rotatable bonds is 2. The summed E-state index contributed by atoms with van der Waals surface area (Å²) < 4.78 is 5.66. The Morgan fingerprint density at radius 1 is 1.26 bits per heavy atom. The van der Waals surface area contributed by atoms with Crippen LogP contribution in [0.4, 0.5) is 10.5 Å². The number of hydrogen-bond acceptors (Lipinski definition) is 4. The molecule has 0 saturated carbocycles. The SMILES string of the molecule is NCc1ccc(N2CC3(CCSCC3)OC2=O)cc1. The molecule has 2 fully saturated rings. The second kappa shape index (κ2) is 5.06. The maximum absolute atomic E-state index is 12.1. The van der Waals surface area contributed by atoms with Gasteiger partial charge < -0.3 is 10.5 Å². The van der Waals surface area contributed by atoms with E-state index in [0.29, 0.717) is 13.1 Å². The summed E-state index contributed by atoms with van der Waals surface area (Å²) >= 11 is 1.94. The van der Waals surface area contributed by atoms with Gasteiger partial charge in [0.1, 0.15) is 5.60 Å². The molecule has 0 unspecified atom stereocenters. The number of carbonyl (C=O) groups is 1. The van der Waals surface area contributed by atoms with Crippen molar-refractivity contribution in [3.8, 4) is 0 Å². The quantitative estimate of drug-likeness (QED) is 0.902. The maximum Gasteiger partial charge on any atom is 0.415 e. The second-order valence-corrected chi connectivity index (χ2v) is 6.34. The van der Waals surface area contributed by atoms with E-state index in [1.54, 1.807) is 4.90 Å². The van der Waals surface area contributed by atoms with Crippen LogP contribution in [0.5, 0.6) is 0 Å². The Balaban J connectivity index is 1.79. The van der Waals surface area contributed by atoms with E-state index in [1.165, 1.54) is 0 Å². The number of benzene rings is 1. The summed E-state index contributed by atoms with van der Waals surface area (Å²) in [5.41, 5.74) is 7.30. The highest BCUT2D eigenvalue weighted by atomic mass is 32.2. The third-order valence-electron chi connectivity index (χ3n) is 3.86. The first-order chi connectivity index (χ1) is 9.22. The lowest BCUT2D eigenvalue weighted by Crippen LogP contribution is -2.38. The van der Waals surface area contributed by atoms with Crippen molar-refractivity contribution >= 4 is 23.5 Å². The van der Waals surface area contributed by atoms with E-state index in [1.807, 2.05) is 36.0 Å². The van der Waals surface area contributed by atoms with Crippen LogP contribution in [0.3, 0.4) is 0 Å². The molecule has 4 nitrogen and oxygen atoms in total. The Hall–Kier alpha value is -1.20. The third kappa shape index (κ3) is 2.44. The van der Waals surface area contributed by atoms with Gasteiger partial charge in [0.2, 0.25) is 0 Å². The molecule has 2 N–H and O–H groups in total. The van der Waals surface area contributed by atoms with Gasteiger partial charge in [0.05, 0.1) is 6.54 Å². The van der Waals surface area contributed by atoms with Crippen LogP contribution in [0, 0.1) is 0 Å². The average molecular weight is 278 g/mol. The summed E-state index contributed by atoms with van der Waals surface area (Å²) in [6, 6.07) is 7.81. The lowest BCUT2D eigenvalue weighted by Gasteiger charge is -2.30. The number of ether oxygens (including phenoxy) is 1. The minimum Gasteiger partial charge on any atom is -0.441 e. The van der Waals surface area contributed by atoms with Gasteiger partial charge >= 0.3 is 6.09 Å². The van der Waals surface area contributed by atoms with Gasteiger partial charge in [-0.3, -0.25) is 4.90 Å². The Bertz CT molecular complexity index is 469. The average Bonchev–Trinajstić information content (AvgIpc) is 2.76. The molecule has 2 saturated heterocycles. The summed E-state index contributed by atoms with van der Waals surface area (Å²) in [7, 11) is 0. The van der Waals surface area contributed by atoms with Crippen molar-refractivity contribution < 1.29 is 9.53 Å². The standard InChI is InChI=1S/C14H18N2O2S/c15-9-11-1-3-12(4-2-11)16-10-14(18-13(16)17)5-7-19-8-6-14/h1-4H,5-10,15H2. The highest BCUT2D eigenvalue weighted by Gasteiger charge is 2.46. The lowest BCUT2D eigenvalue weighted by molar-refractivity contribution is 0.0502. The topological polar surface area (TPSA) is 55.6 Å². The monoisotopic (exact) mass is 278 g/mol. The molecular weight excluding hydrogens is 260 g/mol. The first kappa shape index (κ1) is 12.8. The molecule has 0 aromatic heterocycles. The number of carbonyl (C=O) groups excluding carboxylic acids is 1. The minimum absolute atomic E-state index is 0.215. The Morgan fingerprint density at radius 3 is 2.58 bits per heavy atom. The van der Waals surface area contributed by atoms with Crippen LogP contribution < -0.4 is 10.6 Å². The number of nitrogens with two attached hydrogens (primary N) is 1. The van der Waals surface area contributed by atoms with E-state index in [4.69, 9.17) is 10.5 Å². The van der Waals surface area contributed by atoms with Crippen molar-refractivity contribution in [2.45, 2.75) is 25.0 Å². The normalized spacial score (nSPS) is 21.7. The van der Waals surface area contributed by atoms with Gasteiger partial charge in [-0.25, -0.2) is 4.79 Å². The van der Waals surface area contributed by atoms with Crippen molar-refractivity contribution in [2.24, 2.45) is 5.73 Å². The van der Waals surface area contributed by atoms with Gasteiger partial charge in [-0.1, -0.05) is 12.1 Å². The van der Waals surface area contributed by atoms with Crippen LogP contribution in [0.1, 0.15) is 18.4 Å². The van der Waals surface area contributed by atoms with Gasteiger partial charge in [-0.05, 0) is 42.0 Å². The summed E-state index contributed by atoms with van der Waals surface area (Å²) in [4.78, 5) is 13.8. The predicted molar refractivity (Wildman–Crippen MR) is 77.5 cm³/mol. The minimum atomic E-state index is -0.255. The van der Waals surface area contributed by atoms with Crippen LogP contribution in [-0.4, -0.2) is 29.7 Å². The Labute approximate surface area is 117 Å². The number of thioether (sulfide) groups is 1. The zero-order valence-corrected chi connectivity index (χ0v) is 11.6. The number of amides is 1. The summed E-state index contributed by atoms with van der Waals surface area (Å²) in [6.07, 6.45) is 1.70. The molecule has 0 aliphatic carbocycles. The van der Waals surface area contributed by atoms with E-state index in [9.17, 15) is 4.79 Å². The van der Waals surface area contributed by atoms with Crippen LogP contribution in [0.2, 0.25) is 0 Å². The van der Waals surface area contributed by atoms with Crippen LogP contribution in [0.25, 0.3) is 0 Å². The molecule has 1 spiro atoms. The smallest absolute Gasteiger partial charge is 0.415 e. The zero-order valence-electron chi connectivity index (χ0n) is 10.8. The van der Waals surface area contributed by atoms with E-state index in [2.05, 4.69) is 0 Å². The number of nitrogens with zero attached hydrogens (tertiary/aromatic N) is 1. The van der Waals surface area contributed by atoms with Crippen LogP contribution >= 0.6 is 11.8 Å². The molecule has 102 valence electrons. The van der Waals surface area contributed by atoms with E-state index in [-0.39, 0.29) is 11.7 Å². The van der Waals surface area contributed by atoms with E-state index >= 15 is 0 Å².